The topological polar surface area (TPSA) is 85.8 Å². The van der Waals surface area contributed by atoms with Gasteiger partial charge in [0.05, 0.1) is 15.1 Å². The molecule has 1 saturated carbocycles. The molecule has 0 radical (unpaired) electrons. The standard InChI is InChI=1S/C33H37Cl3N4O4/c1-21-14-28(34)32(29(35)15-21)44-13-12-43-31-8-5-22(17-39-31)26-9-10-37-18-27(26)33(41)40(25-6-7-25)20-23-16-24(4-3-11-42-2)38-19-30(23)36/h5,8,14-17,19,25,37H,3-4,6-7,9-13,18,20H2,1-2H3. The van der Waals surface area contributed by atoms with Gasteiger partial charge in [-0.25, -0.2) is 4.98 Å². The number of amides is 1. The number of nitrogens with zero attached hydrogens (tertiary/aromatic N) is 3. The van der Waals surface area contributed by atoms with Crippen LogP contribution in [-0.4, -0.2) is 66.8 Å². The summed E-state index contributed by atoms with van der Waals surface area (Å²) in [6.45, 7) is 4.86. The Morgan fingerprint density at radius 3 is 2.48 bits per heavy atom. The molecule has 0 saturated heterocycles. The third-order valence-electron chi connectivity index (χ3n) is 7.64. The zero-order valence-electron chi connectivity index (χ0n) is 25.0. The molecule has 3 aromatic rings. The minimum atomic E-state index is 0.0365. The van der Waals surface area contributed by atoms with Crippen molar-refractivity contribution in [1.29, 1.82) is 0 Å². The molecule has 1 fully saturated rings. The third-order valence-corrected chi connectivity index (χ3v) is 8.55. The van der Waals surface area contributed by atoms with Gasteiger partial charge in [0.2, 0.25) is 5.88 Å². The number of aromatic nitrogens is 2. The Labute approximate surface area is 273 Å². The molecule has 1 aliphatic heterocycles. The summed E-state index contributed by atoms with van der Waals surface area (Å²) in [6, 6.07) is 9.61. The predicted molar refractivity (Wildman–Crippen MR) is 174 cm³/mol. The molecule has 2 aromatic heterocycles. The van der Waals surface area contributed by atoms with Crippen molar-refractivity contribution >= 4 is 46.3 Å². The highest BCUT2D eigenvalue weighted by Gasteiger charge is 2.35. The second-order valence-electron chi connectivity index (χ2n) is 11.1. The summed E-state index contributed by atoms with van der Waals surface area (Å²) in [4.78, 5) is 25.0. The highest BCUT2D eigenvalue weighted by molar-refractivity contribution is 6.37. The highest BCUT2D eigenvalue weighted by atomic mass is 35.5. The smallest absolute Gasteiger partial charge is 0.251 e. The first-order valence-corrected chi connectivity index (χ1v) is 16.0. The van der Waals surface area contributed by atoms with Gasteiger partial charge in [0, 0.05) is 62.6 Å². The molecule has 3 heterocycles. The van der Waals surface area contributed by atoms with E-state index in [-0.39, 0.29) is 25.2 Å². The molecular formula is C33H37Cl3N4O4. The number of halogens is 3. The summed E-state index contributed by atoms with van der Waals surface area (Å²) in [5.74, 6) is 0.943. The number of carbonyl (C=O) groups is 1. The number of hydrogen-bond acceptors (Lipinski definition) is 7. The van der Waals surface area contributed by atoms with E-state index in [2.05, 4.69) is 15.3 Å². The summed E-state index contributed by atoms with van der Waals surface area (Å²) in [7, 11) is 1.69. The second kappa shape index (κ2) is 15.4. The normalized spacial score (nSPS) is 14.9. The Morgan fingerprint density at radius 2 is 1.77 bits per heavy atom. The third kappa shape index (κ3) is 8.43. The second-order valence-corrected chi connectivity index (χ2v) is 12.3. The van der Waals surface area contributed by atoms with Gasteiger partial charge in [0.25, 0.3) is 5.91 Å². The predicted octanol–water partition coefficient (Wildman–Crippen LogP) is 6.72. The van der Waals surface area contributed by atoms with Crippen molar-refractivity contribution in [3.8, 4) is 11.6 Å². The molecule has 0 unspecified atom stereocenters. The maximum Gasteiger partial charge on any atom is 0.251 e. The zero-order chi connectivity index (χ0) is 31.1. The summed E-state index contributed by atoms with van der Waals surface area (Å²) in [5.41, 5.74) is 5.51. The van der Waals surface area contributed by atoms with Crippen molar-refractivity contribution in [3.63, 3.8) is 0 Å². The fourth-order valence-corrected chi connectivity index (χ4v) is 6.13. The number of methoxy groups -OCH3 is 1. The van der Waals surface area contributed by atoms with E-state index in [4.69, 9.17) is 49.0 Å². The van der Waals surface area contributed by atoms with Gasteiger partial charge in [-0.2, -0.15) is 0 Å². The molecule has 5 rings (SSSR count). The first-order valence-electron chi connectivity index (χ1n) is 14.9. The number of rotatable bonds is 14. The van der Waals surface area contributed by atoms with E-state index in [1.165, 1.54) is 0 Å². The average molecular weight is 660 g/mol. The van der Waals surface area contributed by atoms with Gasteiger partial charge in [-0.05, 0) is 92.1 Å². The van der Waals surface area contributed by atoms with Crippen LogP contribution in [0, 0.1) is 6.92 Å². The van der Waals surface area contributed by atoms with Crippen molar-refractivity contribution < 1.29 is 19.0 Å². The number of ether oxygens (including phenoxy) is 3. The van der Waals surface area contributed by atoms with E-state index >= 15 is 0 Å². The van der Waals surface area contributed by atoms with E-state index in [0.29, 0.717) is 46.4 Å². The Balaban J connectivity index is 1.25. The van der Waals surface area contributed by atoms with Crippen LogP contribution in [0.25, 0.3) is 5.57 Å². The molecule has 2 aliphatic rings. The molecule has 11 heteroatoms. The molecule has 234 valence electrons. The van der Waals surface area contributed by atoms with Gasteiger partial charge >= 0.3 is 0 Å². The Hall–Kier alpha value is -2.88. The Bertz CT molecular complexity index is 1470. The first-order chi connectivity index (χ1) is 21.3. The largest absolute Gasteiger partial charge is 0.487 e. The van der Waals surface area contributed by atoms with Crippen molar-refractivity contribution in [2.24, 2.45) is 0 Å². The van der Waals surface area contributed by atoms with Crippen molar-refractivity contribution in [3.05, 3.63) is 85.8 Å². The molecule has 0 spiro atoms. The fourth-order valence-electron chi connectivity index (χ4n) is 5.26. The summed E-state index contributed by atoms with van der Waals surface area (Å²) in [6.07, 6.45) is 7.84. The van der Waals surface area contributed by atoms with E-state index in [9.17, 15) is 4.79 Å². The van der Waals surface area contributed by atoms with Crippen molar-refractivity contribution in [1.82, 2.24) is 20.2 Å². The van der Waals surface area contributed by atoms with Crippen LogP contribution in [0.1, 0.15) is 48.1 Å². The lowest BCUT2D eigenvalue weighted by Gasteiger charge is -2.28. The maximum atomic E-state index is 14.1. The number of nitrogens with one attached hydrogen (secondary N) is 1. The van der Waals surface area contributed by atoms with Crippen molar-refractivity contribution in [2.75, 3.05) is 40.0 Å². The number of pyridine rings is 2. The van der Waals surface area contributed by atoms with Crippen LogP contribution in [0.3, 0.4) is 0 Å². The molecule has 1 aromatic carbocycles. The summed E-state index contributed by atoms with van der Waals surface area (Å²) >= 11 is 19.1. The van der Waals surface area contributed by atoms with Crippen LogP contribution in [0.15, 0.2) is 48.3 Å². The van der Waals surface area contributed by atoms with Crippen LogP contribution in [0.4, 0.5) is 0 Å². The number of carbonyl (C=O) groups excluding carboxylic acids is 1. The molecule has 0 atom stereocenters. The monoisotopic (exact) mass is 658 g/mol. The van der Waals surface area contributed by atoms with Gasteiger partial charge in [-0.1, -0.05) is 34.8 Å². The minimum absolute atomic E-state index is 0.0365. The average Bonchev–Trinajstić information content (AvgIpc) is 3.86. The Kier molecular flexibility index (Phi) is 11.4. The lowest BCUT2D eigenvalue weighted by Crippen LogP contribution is -2.39. The number of benzene rings is 1. The van der Waals surface area contributed by atoms with Crippen LogP contribution >= 0.6 is 34.8 Å². The van der Waals surface area contributed by atoms with Gasteiger partial charge < -0.3 is 24.4 Å². The molecule has 1 N–H and O–H groups in total. The molecular weight excluding hydrogens is 623 g/mol. The number of hydrogen-bond donors (Lipinski definition) is 1. The quantitative estimate of drug-likeness (QED) is 0.192. The van der Waals surface area contributed by atoms with E-state index in [1.807, 2.05) is 30.0 Å². The number of aryl methyl sites for hydroxylation is 2. The minimum Gasteiger partial charge on any atom is -0.487 e. The molecule has 44 heavy (non-hydrogen) atoms. The SMILES string of the molecule is COCCCc1cc(CN(C(=O)C2=C(c3ccc(OCCOc4c(Cl)cc(C)cc4Cl)nc3)CCNC2)C2CC2)c(Cl)cn1. The molecule has 1 amide bonds. The van der Waals surface area contributed by atoms with E-state index in [1.54, 1.807) is 31.6 Å². The molecule has 8 nitrogen and oxygen atoms in total. The Morgan fingerprint density at radius 1 is 1.00 bits per heavy atom. The van der Waals surface area contributed by atoms with Crippen LogP contribution < -0.4 is 14.8 Å². The van der Waals surface area contributed by atoms with Crippen LogP contribution in [-0.2, 0) is 22.5 Å². The van der Waals surface area contributed by atoms with Gasteiger partial charge in [0.1, 0.15) is 13.2 Å². The lowest BCUT2D eigenvalue weighted by molar-refractivity contribution is -0.128. The zero-order valence-corrected chi connectivity index (χ0v) is 27.3. The van der Waals surface area contributed by atoms with E-state index in [0.717, 1.165) is 72.2 Å². The van der Waals surface area contributed by atoms with Gasteiger partial charge in [-0.15, -0.1) is 0 Å². The van der Waals surface area contributed by atoms with Crippen LogP contribution in [0.5, 0.6) is 11.6 Å². The summed E-state index contributed by atoms with van der Waals surface area (Å²) in [5, 5.41) is 4.88. The fraction of sp³-hybridized carbons (Fsp3) is 0.424. The summed E-state index contributed by atoms with van der Waals surface area (Å²) < 4.78 is 16.7. The highest BCUT2D eigenvalue weighted by Crippen LogP contribution is 2.35. The van der Waals surface area contributed by atoms with E-state index < -0.39 is 0 Å². The van der Waals surface area contributed by atoms with Gasteiger partial charge in [-0.3, -0.25) is 9.78 Å². The van der Waals surface area contributed by atoms with Gasteiger partial charge in [0.15, 0.2) is 5.75 Å². The molecule has 0 bridgehead atoms. The van der Waals surface area contributed by atoms with Crippen molar-refractivity contribution in [2.45, 2.75) is 51.6 Å². The lowest BCUT2D eigenvalue weighted by atomic mass is 9.94. The first kappa shape index (κ1) is 32.5. The van der Waals surface area contributed by atoms with Crippen LogP contribution in [0.2, 0.25) is 15.1 Å². The maximum absolute atomic E-state index is 14.1. The molecule has 1 aliphatic carbocycles.